The van der Waals surface area contributed by atoms with Crippen molar-refractivity contribution in [3.63, 3.8) is 0 Å². The van der Waals surface area contributed by atoms with E-state index in [0.29, 0.717) is 19.0 Å². The third-order valence-electron chi connectivity index (χ3n) is 5.12. The second-order valence-electron chi connectivity index (χ2n) is 6.48. The monoisotopic (exact) mass is 330 g/mol. The number of morpholine rings is 1. The van der Waals surface area contributed by atoms with Crippen LogP contribution in [-0.4, -0.2) is 65.5 Å². The number of amides is 1. The Hall–Kier alpha value is -2.28. The van der Waals surface area contributed by atoms with Crippen LogP contribution in [-0.2, 0) is 4.74 Å². The summed E-state index contributed by atoms with van der Waals surface area (Å²) in [6.07, 6.45) is 4.94. The topological polar surface area (TPSA) is 81.7 Å². The Kier molecular flexibility index (Phi) is 4.02. The van der Waals surface area contributed by atoms with Crippen molar-refractivity contribution >= 4 is 22.8 Å². The molecule has 0 radical (unpaired) electrons. The first-order valence-corrected chi connectivity index (χ1v) is 8.50. The number of anilines is 1. The van der Waals surface area contributed by atoms with Gasteiger partial charge in [0.2, 0.25) is 0 Å². The van der Waals surface area contributed by atoms with Gasteiger partial charge >= 0.3 is 6.09 Å². The molecule has 0 aliphatic carbocycles. The number of aromatic amines is 1. The number of piperidine rings is 1. The fourth-order valence-electron chi connectivity index (χ4n) is 3.71. The lowest BCUT2D eigenvalue weighted by molar-refractivity contribution is 0.122. The number of hydrogen-bond acceptors (Lipinski definition) is 4. The predicted molar refractivity (Wildman–Crippen MR) is 90.7 cm³/mol. The molecule has 0 unspecified atom stereocenters. The van der Waals surface area contributed by atoms with E-state index in [1.54, 1.807) is 0 Å². The normalized spacial score (nSPS) is 19.8. The highest BCUT2D eigenvalue weighted by atomic mass is 16.5. The zero-order valence-corrected chi connectivity index (χ0v) is 13.6. The number of likely N-dealkylation sites (tertiary alicyclic amines) is 1. The second kappa shape index (κ2) is 6.32. The zero-order valence-electron chi connectivity index (χ0n) is 13.6. The second-order valence-corrected chi connectivity index (χ2v) is 6.48. The Morgan fingerprint density at radius 3 is 2.71 bits per heavy atom. The van der Waals surface area contributed by atoms with Gasteiger partial charge in [-0.25, -0.2) is 9.78 Å². The third-order valence-corrected chi connectivity index (χ3v) is 5.12. The van der Waals surface area contributed by atoms with E-state index < -0.39 is 6.09 Å². The number of H-pyrrole nitrogens is 1. The van der Waals surface area contributed by atoms with E-state index in [1.807, 2.05) is 6.20 Å². The number of carbonyl (C=O) groups is 1. The predicted octanol–water partition coefficient (Wildman–Crippen LogP) is 2.26. The average Bonchev–Trinajstić information content (AvgIpc) is 3.05. The van der Waals surface area contributed by atoms with Crippen molar-refractivity contribution in [3.05, 3.63) is 24.0 Å². The van der Waals surface area contributed by atoms with E-state index in [-0.39, 0.29) is 0 Å². The van der Waals surface area contributed by atoms with Crippen molar-refractivity contribution in [2.75, 3.05) is 44.3 Å². The van der Waals surface area contributed by atoms with E-state index in [0.717, 1.165) is 55.9 Å². The lowest BCUT2D eigenvalue weighted by Crippen LogP contribution is -2.36. The van der Waals surface area contributed by atoms with E-state index >= 15 is 0 Å². The maximum absolute atomic E-state index is 11.0. The molecule has 2 fully saturated rings. The zero-order chi connectivity index (χ0) is 16.5. The molecular weight excluding hydrogens is 308 g/mol. The molecule has 7 nitrogen and oxygen atoms in total. The van der Waals surface area contributed by atoms with E-state index in [1.165, 1.54) is 10.5 Å². The fourth-order valence-corrected chi connectivity index (χ4v) is 3.71. The summed E-state index contributed by atoms with van der Waals surface area (Å²) in [5.41, 5.74) is 2.36. The first-order chi connectivity index (χ1) is 11.7. The Labute approximate surface area is 140 Å². The summed E-state index contributed by atoms with van der Waals surface area (Å²) in [7, 11) is 0. The number of ether oxygens (including phenoxy) is 1. The van der Waals surface area contributed by atoms with Crippen molar-refractivity contribution < 1.29 is 14.6 Å². The number of hydrogen-bond donors (Lipinski definition) is 2. The summed E-state index contributed by atoms with van der Waals surface area (Å²) < 4.78 is 5.39. The van der Waals surface area contributed by atoms with Crippen LogP contribution in [0.1, 0.15) is 24.3 Å². The van der Waals surface area contributed by atoms with Crippen molar-refractivity contribution in [1.82, 2.24) is 14.9 Å². The smallest absolute Gasteiger partial charge is 0.407 e. The van der Waals surface area contributed by atoms with Crippen LogP contribution in [0.25, 0.3) is 10.9 Å². The molecule has 2 aliphatic heterocycles. The quantitative estimate of drug-likeness (QED) is 0.883. The van der Waals surface area contributed by atoms with Gasteiger partial charge in [-0.2, -0.15) is 0 Å². The van der Waals surface area contributed by atoms with Crippen molar-refractivity contribution in [2.45, 2.75) is 18.8 Å². The number of aromatic nitrogens is 2. The van der Waals surface area contributed by atoms with Gasteiger partial charge in [0.15, 0.2) is 0 Å². The molecule has 0 aromatic carbocycles. The maximum atomic E-state index is 11.0. The highest BCUT2D eigenvalue weighted by molar-refractivity contribution is 5.85. The van der Waals surface area contributed by atoms with Crippen molar-refractivity contribution in [2.24, 2.45) is 0 Å². The largest absolute Gasteiger partial charge is 0.465 e. The van der Waals surface area contributed by atoms with E-state index in [2.05, 4.69) is 27.1 Å². The molecule has 0 saturated carbocycles. The molecule has 4 heterocycles. The Morgan fingerprint density at radius 1 is 1.25 bits per heavy atom. The van der Waals surface area contributed by atoms with Gasteiger partial charge in [0, 0.05) is 50.0 Å². The maximum Gasteiger partial charge on any atom is 0.407 e. The molecule has 2 aromatic rings. The highest BCUT2D eigenvalue weighted by Gasteiger charge is 2.25. The number of pyridine rings is 1. The van der Waals surface area contributed by atoms with E-state index in [9.17, 15) is 4.79 Å². The molecular formula is C17H22N4O3. The van der Waals surface area contributed by atoms with Gasteiger partial charge in [0.25, 0.3) is 0 Å². The molecule has 2 N–H and O–H groups in total. The minimum Gasteiger partial charge on any atom is -0.465 e. The summed E-state index contributed by atoms with van der Waals surface area (Å²) in [6.45, 7) is 4.45. The first-order valence-electron chi connectivity index (χ1n) is 8.50. The van der Waals surface area contributed by atoms with Gasteiger partial charge in [-0.15, -0.1) is 0 Å². The molecule has 4 rings (SSSR count). The molecule has 2 saturated heterocycles. The lowest BCUT2D eigenvalue weighted by atomic mass is 9.90. The van der Waals surface area contributed by atoms with Gasteiger partial charge in [0.05, 0.1) is 18.7 Å². The summed E-state index contributed by atoms with van der Waals surface area (Å²) in [5, 5.41) is 10.2. The van der Waals surface area contributed by atoms with Crippen LogP contribution in [0, 0.1) is 0 Å². The number of nitrogens with one attached hydrogen (secondary N) is 1. The average molecular weight is 330 g/mol. The molecule has 0 bridgehead atoms. The van der Waals surface area contributed by atoms with Crippen LogP contribution in [0.2, 0.25) is 0 Å². The standard InChI is InChI=1S/C17H22N4O3/c22-17(23)21-3-1-12(2-4-21)13-10-18-15-9-16(19-11-14(13)15)20-5-7-24-8-6-20/h9-12,18H,1-8H2,(H,22,23). The minimum absolute atomic E-state index is 0.394. The van der Waals surface area contributed by atoms with Crippen LogP contribution >= 0.6 is 0 Å². The Morgan fingerprint density at radius 2 is 2.00 bits per heavy atom. The van der Waals surface area contributed by atoms with Crippen LogP contribution in [0.5, 0.6) is 0 Å². The minimum atomic E-state index is -0.816. The molecule has 0 spiro atoms. The highest BCUT2D eigenvalue weighted by Crippen LogP contribution is 2.33. The molecule has 1 amide bonds. The van der Waals surface area contributed by atoms with Gasteiger partial charge in [0.1, 0.15) is 5.82 Å². The summed E-state index contributed by atoms with van der Waals surface area (Å²) in [5.74, 6) is 1.38. The van der Waals surface area contributed by atoms with Crippen LogP contribution in [0.4, 0.5) is 10.6 Å². The molecule has 2 aromatic heterocycles. The van der Waals surface area contributed by atoms with Gasteiger partial charge in [-0.05, 0) is 24.3 Å². The molecule has 7 heteroatoms. The summed E-state index contributed by atoms with van der Waals surface area (Å²) in [6, 6.07) is 2.11. The van der Waals surface area contributed by atoms with Crippen molar-refractivity contribution in [3.8, 4) is 0 Å². The number of rotatable bonds is 2. The number of fused-ring (bicyclic) bond motifs is 1. The SMILES string of the molecule is O=C(O)N1CCC(c2c[nH]c3cc(N4CCOCC4)ncc23)CC1. The summed E-state index contributed by atoms with van der Waals surface area (Å²) in [4.78, 5) is 22.8. The van der Waals surface area contributed by atoms with Crippen LogP contribution in [0.15, 0.2) is 18.5 Å². The Bertz CT molecular complexity index is 731. The third kappa shape index (κ3) is 2.80. The number of carboxylic acid groups (broad SMARTS) is 1. The van der Waals surface area contributed by atoms with Crippen LogP contribution < -0.4 is 4.90 Å². The molecule has 0 atom stereocenters. The Balaban J connectivity index is 1.54. The van der Waals surface area contributed by atoms with Gasteiger partial charge in [-0.3, -0.25) is 0 Å². The molecule has 2 aliphatic rings. The fraction of sp³-hybridized carbons (Fsp3) is 0.529. The van der Waals surface area contributed by atoms with Crippen LogP contribution in [0.3, 0.4) is 0 Å². The van der Waals surface area contributed by atoms with Crippen molar-refractivity contribution in [1.29, 1.82) is 0 Å². The van der Waals surface area contributed by atoms with Gasteiger partial charge in [-0.1, -0.05) is 0 Å². The molecule has 24 heavy (non-hydrogen) atoms. The van der Waals surface area contributed by atoms with Gasteiger partial charge < -0.3 is 24.6 Å². The first kappa shape index (κ1) is 15.3. The van der Waals surface area contributed by atoms with E-state index in [4.69, 9.17) is 9.84 Å². The lowest BCUT2D eigenvalue weighted by Gasteiger charge is -2.30. The number of nitrogens with zero attached hydrogens (tertiary/aromatic N) is 3. The summed E-state index contributed by atoms with van der Waals surface area (Å²) >= 11 is 0. The molecule has 128 valence electrons.